The molecule has 0 fully saturated rings. The second kappa shape index (κ2) is 5.54. The van der Waals surface area contributed by atoms with Crippen molar-refractivity contribution in [1.82, 2.24) is 4.98 Å². The van der Waals surface area contributed by atoms with Gasteiger partial charge in [0, 0.05) is 5.38 Å². The molecule has 0 amide bonds. The smallest absolute Gasteiger partial charge is 0.182 e. The standard InChI is InChI=1S/C12H15N3OS/c1-9-8-17-12(15-9)14-6-7-16-11-5-3-2-4-10(11)13/h2-5,8H,6-7,13H2,1H3,(H,14,15). The highest BCUT2D eigenvalue weighted by molar-refractivity contribution is 7.13. The number of aromatic nitrogens is 1. The van der Waals surface area contributed by atoms with E-state index in [1.54, 1.807) is 11.3 Å². The average Bonchev–Trinajstić information content (AvgIpc) is 2.73. The summed E-state index contributed by atoms with van der Waals surface area (Å²) in [7, 11) is 0. The van der Waals surface area contributed by atoms with E-state index in [0.717, 1.165) is 16.6 Å². The lowest BCUT2D eigenvalue weighted by molar-refractivity contribution is 0.334. The van der Waals surface area contributed by atoms with Gasteiger partial charge < -0.3 is 15.8 Å². The zero-order valence-electron chi connectivity index (χ0n) is 9.64. The molecule has 3 N–H and O–H groups in total. The number of ether oxygens (including phenoxy) is 1. The molecule has 2 aromatic rings. The summed E-state index contributed by atoms with van der Waals surface area (Å²) in [5, 5.41) is 6.13. The van der Waals surface area contributed by atoms with Crippen LogP contribution in [0.1, 0.15) is 5.69 Å². The van der Waals surface area contributed by atoms with Crippen molar-refractivity contribution in [2.75, 3.05) is 24.2 Å². The first-order valence-electron chi connectivity index (χ1n) is 5.39. The van der Waals surface area contributed by atoms with Crippen LogP contribution in [-0.2, 0) is 0 Å². The van der Waals surface area contributed by atoms with Gasteiger partial charge in [-0.15, -0.1) is 11.3 Å². The Morgan fingerprint density at radius 2 is 2.24 bits per heavy atom. The van der Waals surface area contributed by atoms with Gasteiger partial charge in [-0.3, -0.25) is 0 Å². The monoisotopic (exact) mass is 249 g/mol. The number of nitrogens with two attached hydrogens (primary N) is 1. The third-order valence-corrected chi connectivity index (χ3v) is 3.09. The Balaban J connectivity index is 1.75. The predicted molar refractivity (Wildman–Crippen MR) is 71.7 cm³/mol. The molecule has 1 aromatic carbocycles. The van der Waals surface area contributed by atoms with Crippen LogP contribution in [0.3, 0.4) is 0 Å². The number of thiazole rings is 1. The largest absolute Gasteiger partial charge is 0.490 e. The van der Waals surface area contributed by atoms with Gasteiger partial charge in [-0.25, -0.2) is 4.98 Å². The van der Waals surface area contributed by atoms with E-state index in [-0.39, 0.29) is 0 Å². The van der Waals surface area contributed by atoms with E-state index in [1.807, 2.05) is 36.6 Å². The van der Waals surface area contributed by atoms with Gasteiger partial charge in [-0.1, -0.05) is 12.1 Å². The molecule has 0 aliphatic rings. The molecule has 0 radical (unpaired) electrons. The van der Waals surface area contributed by atoms with Gasteiger partial charge >= 0.3 is 0 Å². The summed E-state index contributed by atoms with van der Waals surface area (Å²) in [6.07, 6.45) is 0. The molecule has 90 valence electrons. The molecule has 17 heavy (non-hydrogen) atoms. The van der Waals surface area contributed by atoms with Crippen LogP contribution in [0, 0.1) is 6.92 Å². The second-order valence-electron chi connectivity index (χ2n) is 3.61. The van der Waals surface area contributed by atoms with E-state index in [4.69, 9.17) is 10.5 Å². The summed E-state index contributed by atoms with van der Waals surface area (Å²) >= 11 is 1.60. The minimum atomic E-state index is 0.562. The minimum absolute atomic E-state index is 0.562. The number of hydrogen-bond donors (Lipinski definition) is 2. The zero-order valence-corrected chi connectivity index (χ0v) is 10.5. The Hall–Kier alpha value is -1.75. The van der Waals surface area contributed by atoms with Crippen LogP contribution in [0.4, 0.5) is 10.8 Å². The lowest BCUT2D eigenvalue weighted by Crippen LogP contribution is -2.11. The van der Waals surface area contributed by atoms with E-state index >= 15 is 0 Å². The van der Waals surface area contributed by atoms with Crippen molar-refractivity contribution in [3.8, 4) is 5.75 Å². The molecule has 0 aliphatic carbocycles. The Bertz CT molecular complexity index is 484. The lowest BCUT2D eigenvalue weighted by Gasteiger charge is -2.08. The fourth-order valence-corrected chi connectivity index (χ4v) is 2.08. The number of nitrogens with zero attached hydrogens (tertiary/aromatic N) is 1. The summed E-state index contributed by atoms with van der Waals surface area (Å²) < 4.78 is 5.55. The maximum Gasteiger partial charge on any atom is 0.182 e. The Morgan fingerprint density at radius 1 is 1.41 bits per heavy atom. The van der Waals surface area contributed by atoms with Gasteiger partial charge in [0.05, 0.1) is 17.9 Å². The SMILES string of the molecule is Cc1csc(NCCOc2ccccc2N)n1. The first-order valence-corrected chi connectivity index (χ1v) is 6.27. The maximum atomic E-state index is 5.76. The molecule has 2 rings (SSSR count). The quantitative estimate of drug-likeness (QED) is 0.631. The molecule has 0 spiro atoms. The molecule has 1 heterocycles. The number of aryl methyl sites for hydroxylation is 1. The fraction of sp³-hybridized carbons (Fsp3) is 0.250. The van der Waals surface area contributed by atoms with Gasteiger partial charge in [0.25, 0.3) is 0 Å². The number of benzene rings is 1. The van der Waals surface area contributed by atoms with Crippen molar-refractivity contribution in [3.63, 3.8) is 0 Å². The van der Waals surface area contributed by atoms with Crippen LogP contribution in [0.5, 0.6) is 5.75 Å². The summed E-state index contributed by atoms with van der Waals surface area (Å²) in [5.74, 6) is 0.726. The highest BCUT2D eigenvalue weighted by atomic mass is 32.1. The number of rotatable bonds is 5. The fourth-order valence-electron chi connectivity index (χ4n) is 1.37. The third-order valence-electron chi connectivity index (χ3n) is 2.17. The summed E-state index contributed by atoms with van der Waals surface area (Å²) in [4.78, 5) is 4.30. The number of nitrogen functional groups attached to an aromatic ring is 1. The van der Waals surface area contributed by atoms with Gasteiger partial charge in [-0.05, 0) is 19.1 Å². The molecule has 0 unspecified atom stereocenters. The molecular weight excluding hydrogens is 234 g/mol. The molecule has 0 atom stereocenters. The number of nitrogens with one attached hydrogen (secondary N) is 1. The molecule has 1 aromatic heterocycles. The third kappa shape index (κ3) is 3.35. The zero-order chi connectivity index (χ0) is 12.1. The van der Waals surface area contributed by atoms with Crippen LogP contribution < -0.4 is 15.8 Å². The summed E-state index contributed by atoms with van der Waals surface area (Å²) in [6.45, 7) is 3.25. The summed E-state index contributed by atoms with van der Waals surface area (Å²) in [5.41, 5.74) is 7.46. The van der Waals surface area contributed by atoms with E-state index in [2.05, 4.69) is 10.3 Å². The first-order chi connectivity index (χ1) is 8.25. The van der Waals surface area contributed by atoms with Crippen LogP contribution in [0.25, 0.3) is 0 Å². The average molecular weight is 249 g/mol. The first kappa shape index (κ1) is 11.7. The Kier molecular flexibility index (Phi) is 3.82. The Labute approximate surface area is 104 Å². The van der Waals surface area contributed by atoms with Gasteiger partial charge in [0.15, 0.2) is 5.13 Å². The predicted octanol–water partition coefficient (Wildman–Crippen LogP) is 2.52. The lowest BCUT2D eigenvalue weighted by atomic mass is 10.3. The van der Waals surface area contributed by atoms with Crippen molar-refractivity contribution in [2.24, 2.45) is 0 Å². The van der Waals surface area contributed by atoms with Crippen molar-refractivity contribution in [2.45, 2.75) is 6.92 Å². The maximum absolute atomic E-state index is 5.76. The topological polar surface area (TPSA) is 60.2 Å². The van der Waals surface area contributed by atoms with Crippen LogP contribution >= 0.6 is 11.3 Å². The van der Waals surface area contributed by atoms with E-state index in [1.165, 1.54) is 0 Å². The van der Waals surface area contributed by atoms with E-state index in [9.17, 15) is 0 Å². The van der Waals surface area contributed by atoms with Crippen molar-refractivity contribution >= 4 is 22.2 Å². The van der Waals surface area contributed by atoms with E-state index in [0.29, 0.717) is 18.8 Å². The highest BCUT2D eigenvalue weighted by Crippen LogP contribution is 2.19. The van der Waals surface area contributed by atoms with Crippen LogP contribution in [0.15, 0.2) is 29.6 Å². The molecule has 0 saturated heterocycles. The van der Waals surface area contributed by atoms with Crippen LogP contribution in [0.2, 0.25) is 0 Å². The highest BCUT2D eigenvalue weighted by Gasteiger charge is 1.99. The van der Waals surface area contributed by atoms with Crippen LogP contribution in [-0.4, -0.2) is 18.1 Å². The second-order valence-corrected chi connectivity index (χ2v) is 4.47. The Morgan fingerprint density at radius 3 is 2.94 bits per heavy atom. The van der Waals surface area contributed by atoms with Crippen molar-refractivity contribution in [3.05, 3.63) is 35.3 Å². The van der Waals surface area contributed by atoms with Gasteiger partial charge in [-0.2, -0.15) is 0 Å². The molecule has 0 aliphatic heterocycles. The van der Waals surface area contributed by atoms with Gasteiger partial charge in [0.2, 0.25) is 0 Å². The minimum Gasteiger partial charge on any atom is -0.490 e. The number of para-hydroxylation sites is 2. The summed E-state index contributed by atoms with van der Waals surface area (Å²) in [6, 6.07) is 7.48. The number of hydrogen-bond acceptors (Lipinski definition) is 5. The van der Waals surface area contributed by atoms with Crippen molar-refractivity contribution < 1.29 is 4.74 Å². The molecule has 4 nitrogen and oxygen atoms in total. The molecule has 0 bridgehead atoms. The van der Waals surface area contributed by atoms with Gasteiger partial charge in [0.1, 0.15) is 12.4 Å². The molecular formula is C12H15N3OS. The van der Waals surface area contributed by atoms with E-state index < -0.39 is 0 Å². The van der Waals surface area contributed by atoms with Crippen molar-refractivity contribution in [1.29, 1.82) is 0 Å². The normalized spacial score (nSPS) is 10.2. The number of anilines is 2. The molecule has 5 heteroatoms. The molecule has 0 saturated carbocycles.